The van der Waals surface area contributed by atoms with Crippen molar-refractivity contribution in [3.05, 3.63) is 77.9 Å². The number of anilines is 1. The van der Waals surface area contributed by atoms with Crippen LogP contribution in [0.15, 0.2) is 71.7 Å². The highest BCUT2D eigenvalue weighted by Gasteiger charge is 2.07. The van der Waals surface area contributed by atoms with Crippen LogP contribution in [0.3, 0.4) is 0 Å². The van der Waals surface area contributed by atoms with E-state index < -0.39 is 0 Å². The third-order valence-electron chi connectivity index (χ3n) is 4.16. The molecule has 0 spiro atoms. The first kappa shape index (κ1) is 17.1. The molecule has 0 saturated carbocycles. The molecule has 0 unspecified atom stereocenters. The lowest BCUT2D eigenvalue weighted by Crippen LogP contribution is -2.36. The van der Waals surface area contributed by atoms with E-state index in [0.29, 0.717) is 6.54 Å². The molecule has 0 fully saturated rings. The molecular formula is C21H26N4. The van der Waals surface area contributed by atoms with Crippen molar-refractivity contribution in [2.24, 2.45) is 4.99 Å². The highest BCUT2D eigenvalue weighted by atomic mass is 15.2. The molecule has 0 radical (unpaired) electrons. The van der Waals surface area contributed by atoms with Gasteiger partial charge in [-0.2, -0.15) is 0 Å². The molecule has 0 saturated heterocycles. The zero-order valence-corrected chi connectivity index (χ0v) is 14.8. The van der Waals surface area contributed by atoms with Gasteiger partial charge < -0.3 is 15.5 Å². The van der Waals surface area contributed by atoms with E-state index in [1.54, 1.807) is 0 Å². The number of nitrogens with zero attached hydrogens (tertiary/aromatic N) is 2. The molecular weight excluding hydrogens is 308 g/mol. The quantitative estimate of drug-likeness (QED) is 0.484. The van der Waals surface area contributed by atoms with Gasteiger partial charge in [0, 0.05) is 31.9 Å². The fraction of sp³-hybridized carbons (Fsp3) is 0.286. The third kappa shape index (κ3) is 5.11. The minimum atomic E-state index is 0.666. The normalized spacial score (nSPS) is 14.0. The van der Waals surface area contributed by atoms with Gasteiger partial charge in [-0.1, -0.05) is 54.6 Å². The van der Waals surface area contributed by atoms with Gasteiger partial charge in [0.15, 0.2) is 5.96 Å². The summed E-state index contributed by atoms with van der Waals surface area (Å²) in [7, 11) is 0. The Morgan fingerprint density at radius 3 is 2.48 bits per heavy atom. The van der Waals surface area contributed by atoms with Crippen molar-refractivity contribution in [3.8, 4) is 0 Å². The summed E-state index contributed by atoms with van der Waals surface area (Å²) in [5, 5.41) is 6.71. The molecule has 0 amide bonds. The van der Waals surface area contributed by atoms with Gasteiger partial charge in [-0.25, -0.2) is 4.99 Å². The summed E-state index contributed by atoms with van der Waals surface area (Å²) >= 11 is 0. The van der Waals surface area contributed by atoms with Crippen LogP contribution in [0.2, 0.25) is 0 Å². The molecule has 0 atom stereocenters. The number of benzene rings is 2. The number of nitrogens with one attached hydrogen (secondary N) is 2. The average Bonchev–Trinajstić information content (AvgIpc) is 3.20. The van der Waals surface area contributed by atoms with Crippen LogP contribution < -0.4 is 15.5 Å². The fourth-order valence-electron chi connectivity index (χ4n) is 2.83. The van der Waals surface area contributed by atoms with Crippen LogP contribution in [0.5, 0.6) is 0 Å². The van der Waals surface area contributed by atoms with E-state index in [9.17, 15) is 0 Å². The molecule has 0 bridgehead atoms. The van der Waals surface area contributed by atoms with E-state index in [-0.39, 0.29) is 0 Å². The molecule has 130 valence electrons. The zero-order chi connectivity index (χ0) is 17.3. The maximum atomic E-state index is 4.73. The standard InChI is InChI=1S/C21H26N4/c1-2-22-21(23-16-18-9-4-3-5-10-18)24-17-19-11-8-12-20(15-19)25-13-6-7-14-25/h3-12,15H,2,13-14,16-17H2,1H3,(H2,22,23,24). The molecule has 2 aromatic rings. The van der Waals surface area contributed by atoms with Gasteiger partial charge in [0.1, 0.15) is 0 Å². The Morgan fingerprint density at radius 2 is 1.72 bits per heavy atom. The van der Waals surface area contributed by atoms with Gasteiger partial charge in [-0.15, -0.1) is 0 Å². The molecule has 4 heteroatoms. The molecule has 1 aliphatic heterocycles. The summed E-state index contributed by atoms with van der Waals surface area (Å²) in [6, 6.07) is 19.0. The van der Waals surface area contributed by atoms with Gasteiger partial charge in [0.25, 0.3) is 0 Å². The van der Waals surface area contributed by atoms with Crippen molar-refractivity contribution in [2.75, 3.05) is 24.5 Å². The van der Waals surface area contributed by atoms with Gasteiger partial charge in [0.2, 0.25) is 0 Å². The Balaban J connectivity index is 1.61. The maximum absolute atomic E-state index is 4.73. The predicted octanol–water partition coefficient (Wildman–Crippen LogP) is 3.32. The lowest BCUT2D eigenvalue weighted by molar-refractivity contribution is 0.816. The summed E-state index contributed by atoms with van der Waals surface area (Å²) in [5.74, 6) is 0.847. The molecule has 0 aromatic heterocycles. The van der Waals surface area contributed by atoms with Crippen molar-refractivity contribution in [1.82, 2.24) is 10.6 Å². The number of guanidine groups is 1. The predicted molar refractivity (Wildman–Crippen MR) is 106 cm³/mol. The number of hydrogen-bond donors (Lipinski definition) is 2. The first-order valence-corrected chi connectivity index (χ1v) is 8.90. The van der Waals surface area contributed by atoms with Crippen LogP contribution >= 0.6 is 0 Å². The van der Waals surface area contributed by atoms with Crippen molar-refractivity contribution in [3.63, 3.8) is 0 Å². The summed E-state index contributed by atoms with van der Waals surface area (Å²) < 4.78 is 0. The highest BCUT2D eigenvalue weighted by molar-refractivity contribution is 5.79. The monoisotopic (exact) mass is 334 g/mol. The average molecular weight is 334 g/mol. The Morgan fingerprint density at radius 1 is 0.960 bits per heavy atom. The van der Waals surface area contributed by atoms with E-state index >= 15 is 0 Å². The van der Waals surface area contributed by atoms with E-state index in [4.69, 9.17) is 4.99 Å². The second kappa shape index (κ2) is 8.92. The minimum Gasteiger partial charge on any atom is -0.364 e. The lowest BCUT2D eigenvalue weighted by atomic mass is 10.2. The van der Waals surface area contributed by atoms with Gasteiger partial charge >= 0.3 is 0 Å². The third-order valence-corrected chi connectivity index (χ3v) is 4.16. The van der Waals surface area contributed by atoms with E-state index in [0.717, 1.165) is 32.1 Å². The highest BCUT2D eigenvalue weighted by Crippen LogP contribution is 2.18. The molecule has 3 rings (SSSR count). The van der Waals surface area contributed by atoms with Gasteiger partial charge in [0.05, 0.1) is 6.54 Å². The van der Waals surface area contributed by atoms with Crippen LogP contribution in [-0.4, -0.2) is 25.6 Å². The topological polar surface area (TPSA) is 39.7 Å². The molecule has 1 heterocycles. The summed E-state index contributed by atoms with van der Waals surface area (Å²) in [4.78, 5) is 7.08. The largest absolute Gasteiger partial charge is 0.364 e. The van der Waals surface area contributed by atoms with E-state index in [1.807, 2.05) is 6.07 Å². The Bertz CT molecular complexity index is 714. The first-order chi connectivity index (χ1) is 12.3. The van der Waals surface area contributed by atoms with Crippen LogP contribution in [0.25, 0.3) is 0 Å². The van der Waals surface area contributed by atoms with Crippen LogP contribution in [0.1, 0.15) is 18.1 Å². The molecule has 1 aliphatic rings. The van der Waals surface area contributed by atoms with Crippen LogP contribution in [0, 0.1) is 0 Å². The summed E-state index contributed by atoms with van der Waals surface area (Å²) in [6.07, 6.45) is 4.42. The summed E-state index contributed by atoms with van der Waals surface area (Å²) in [5.41, 5.74) is 3.73. The second-order valence-electron chi connectivity index (χ2n) is 6.08. The van der Waals surface area contributed by atoms with Crippen molar-refractivity contribution in [1.29, 1.82) is 0 Å². The van der Waals surface area contributed by atoms with Gasteiger partial charge in [-0.3, -0.25) is 0 Å². The fourth-order valence-corrected chi connectivity index (χ4v) is 2.83. The molecule has 25 heavy (non-hydrogen) atoms. The summed E-state index contributed by atoms with van der Waals surface area (Å²) in [6.45, 7) is 6.36. The Labute approximate surface area is 150 Å². The Kier molecular flexibility index (Phi) is 6.10. The molecule has 4 nitrogen and oxygen atoms in total. The van der Waals surface area contributed by atoms with E-state index in [1.165, 1.54) is 16.8 Å². The SMILES string of the molecule is CCNC(=NCc1cccc(N2CC=CC2)c1)NCc1ccccc1. The van der Waals surface area contributed by atoms with Gasteiger partial charge in [-0.05, 0) is 30.2 Å². The number of hydrogen-bond acceptors (Lipinski definition) is 2. The molecule has 0 aliphatic carbocycles. The number of rotatable bonds is 6. The smallest absolute Gasteiger partial charge is 0.191 e. The second-order valence-corrected chi connectivity index (χ2v) is 6.08. The lowest BCUT2D eigenvalue weighted by Gasteiger charge is -2.18. The minimum absolute atomic E-state index is 0.666. The van der Waals surface area contributed by atoms with Crippen LogP contribution in [0.4, 0.5) is 5.69 Å². The zero-order valence-electron chi connectivity index (χ0n) is 14.8. The molecule has 2 N–H and O–H groups in total. The Hall–Kier alpha value is -2.75. The van der Waals surface area contributed by atoms with Crippen molar-refractivity contribution >= 4 is 11.6 Å². The first-order valence-electron chi connectivity index (χ1n) is 8.90. The van der Waals surface area contributed by atoms with Crippen molar-refractivity contribution < 1.29 is 0 Å². The maximum Gasteiger partial charge on any atom is 0.191 e. The van der Waals surface area contributed by atoms with E-state index in [2.05, 4.69) is 83.1 Å². The van der Waals surface area contributed by atoms with Crippen molar-refractivity contribution in [2.45, 2.75) is 20.0 Å². The van der Waals surface area contributed by atoms with Crippen LogP contribution in [-0.2, 0) is 13.1 Å². The molecule has 2 aromatic carbocycles. The number of aliphatic imine (C=N–C) groups is 1.